The summed E-state index contributed by atoms with van der Waals surface area (Å²) < 4.78 is 6.48. The van der Waals surface area contributed by atoms with Crippen molar-refractivity contribution in [3.8, 4) is 11.5 Å². The topological polar surface area (TPSA) is 86.1 Å². The molecule has 0 radical (unpaired) electrons. The number of thiazole rings is 1. The van der Waals surface area contributed by atoms with Crippen LogP contribution < -0.4 is 4.74 Å². The molecular formula is C26H31N3O4S. The van der Waals surface area contributed by atoms with Crippen molar-refractivity contribution < 1.29 is 19.7 Å². The average Bonchev–Trinajstić information content (AvgIpc) is 3.46. The standard InChI is InChI=1S/C26H31N3O4S/c1-15-12-27-21(34-15)11-22(31)29-9-7-26(32)19-10-17-4-5-18(30)24-23(17)25(26,20(14-29)33-24)6-8-28(19)13-16-2-3-16/h4-5,12,16,19-20,30,32H,2-3,6-11,13-14H2,1H3/t19-,20+,25-,26-/m1/s1. The van der Waals surface area contributed by atoms with Gasteiger partial charge in [-0.1, -0.05) is 6.07 Å². The summed E-state index contributed by atoms with van der Waals surface area (Å²) in [6.45, 7) is 4.90. The first-order valence-electron chi connectivity index (χ1n) is 12.6. The van der Waals surface area contributed by atoms with E-state index in [4.69, 9.17) is 4.74 Å². The predicted octanol–water partition coefficient (Wildman–Crippen LogP) is 2.40. The molecule has 8 heteroatoms. The molecule has 2 N–H and O–H groups in total. The molecule has 4 heterocycles. The first-order chi connectivity index (χ1) is 16.4. The van der Waals surface area contributed by atoms with E-state index < -0.39 is 11.0 Å². The molecule has 7 nitrogen and oxygen atoms in total. The minimum Gasteiger partial charge on any atom is -0.504 e. The van der Waals surface area contributed by atoms with Gasteiger partial charge < -0.3 is 19.8 Å². The van der Waals surface area contributed by atoms with Gasteiger partial charge >= 0.3 is 0 Å². The molecule has 1 aromatic carbocycles. The average molecular weight is 482 g/mol. The van der Waals surface area contributed by atoms with Crippen molar-refractivity contribution in [1.82, 2.24) is 14.8 Å². The number of piperidine rings is 1. The number of nitrogens with zero attached hydrogens (tertiary/aromatic N) is 3. The molecule has 5 aliphatic rings. The number of aromatic hydroxyl groups is 1. The Morgan fingerprint density at radius 1 is 1.29 bits per heavy atom. The van der Waals surface area contributed by atoms with E-state index in [1.165, 1.54) is 18.4 Å². The summed E-state index contributed by atoms with van der Waals surface area (Å²) in [7, 11) is 0. The molecule has 7 rings (SSSR count). The number of phenolic OH excluding ortho intramolecular Hbond substituents is 1. The third-order valence-electron chi connectivity index (χ3n) is 9.11. The van der Waals surface area contributed by atoms with Crippen LogP contribution in [0.15, 0.2) is 18.3 Å². The van der Waals surface area contributed by atoms with E-state index >= 15 is 0 Å². The van der Waals surface area contributed by atoms with Crippen LogP contribution in [-0.4, -0.2) is 74.8 Å². The van der Waals surface area contributed by atoms with Gasteiger partial charge in [-0.15, -0.1) is 11.3 Å². The van der Waals surface area contributed by atoms with Crippen LogP contribution in [0.3, 0.4) is 0 Å². The highest BCUT2D eigenvalue weighted by Crippen LogP contribution is 2.63. The fourth-order valence-electron chi connectivity index (χ4n) is 7.35. The second-order valence-electron chi connectivity index (χ2n) is 11.0. The summed E-state index contributed by atoms with van der Waals surface area (Å²) in [6, 6.07) is 3.76. The zero-order valence-electron chi connectivity index (χ0n) is 19.5. The molecule has 180 valence electrons. The van der Waals surface area contributed by atoms with E-state index in [2.05, 4.69) is 9.88 Å². The molecule has 2 bridgehead atoms. The summed E-state index contributed by atoms with van der Waals surface area (Å²) >= 11 is 1.56. The van der Waals surface area contributed by atoms with Crippen molar-refractivity contribution in [3.63, 3.8) is 0 Å². The van der Waals surface area contributed by atoms with Crippen molar-refractivity contribution in [2.24, 2.45) is 5.92 Å². The summed E-state index contributed by atoms with van der Waals surface area (Å²) in [5.74, 6) is 1.44. The van der Waals surface area contributed by atoms with Crippen LogP contribution in [0.1, 0.15) is 46.7 Å². The second-order valence-corrected chi connectivity index (χ2v) is 12.3. The number of hydrogen-bond donors (Lipinski definition) is 2. The Kier molecular flexibility index (Phi) is 4.47. The maximum absolute atomic E-state index is 13.4. The van der Waals surface area contributed by atoms with E-state index in [1.807, 2.05) is 24.1 Å². The Morgan fingerprint density at radius 3 is 2.91 bits per heavy atom. The molecule has 1 aromatic heterocycles. The molecular weight excluding hydrogens is 450 g/mol. The first-order valence-corrected chi connectivity index (χ1v) is 13.4. The Morgan fingerprint density at radius 2 is 2.15 bits per heavy atom. The van der Waals surface area contributed by atoms with Gasteiger partial charge in [0.15, 0.2) is 11.5 Å². The van der Waals surface area contributed by atoms with Crippen LogP contribution in [-0.2, 0) is 23.1 Å². The SMILES string of the molecule is Cc1cnc(CC(=O)N2CC[C@@]3(O)[C@H]4Cc5ccc(O)c6c5[C@@]3(CCN4CC3CC3)[C@H](C2)O6)s1. The number of aliphatic hydroxyl groups is 1. The number of ether oxygens (including phenoxy) is 1. The van der Waals surface area contributed by atoms with E-state index in [0.717, 1.165) is 47.3 Å². The van der Waals surface area contributed by atoms with Crippen LogP contribution in [0, 0.1) is 12.8 Å². The molecule has 1 amide bonds. The molecule has 0 unspecified atom stereocenters. The maximum Gasteiger partial charge on any atom is 0.229 e. The van der Waals surface area contributed by atoms with Crippen LogP contribution in [0.5, 0.6) is 11.5 Å². The highest BCUT2D eigenvalue weighted by Gasteiger charge is 2.71. The van der Waals surface area contributed by atoms with Gasteiger partial charge in [-0.3, -0.25) is 9.69 Å². The number of rotatable bonds is 4. The summed E-state index contributed by atoms with van der Waals surface area (Å²) in [4.78, 5) is 23.2. The maximum atomic E-state index is 13.4. The van der Waals surface area contributed by atoms with Gasteiger partial charge in [0.05, 0.1) is 24.0 Å². The van der Waals surface area contributed by atoms with Gasteiger partial charge in [-0.2, -0.15) is 0 Å². The second kappa shape index (κ2) is 7.18. The van der Waals surface area contributed by atoms with Crippen molar-refractivity contribution in [3.05, 3.63) is 39.3 Å². The Balaban J connectivity index is 1.29. The summed E-state index contributed by atoms with van der Waals surface area (Å²) in [5, 5.41) is 24.2. The minimum absolute atomic E-state index is 0.00704. The van der Waals surface area contributed by atoms with Crippen molar-refractivity contribution in [2.45, 2.75) is 68.6 Å². The lowest BCUT2D eigenvalue weighted by atomic mass is 9.52. The number of carbonyl (C=O) groups excluding carboxylic acids is 1. The van der Waals surface area contributed by atoms with Gasteiger partial charge in [0.2, 0.25) is 5.91 Å². The van der Waals surface area contributed by atoms with Gasteiger partial charge in [-0.25, -0.2) is 4.98 Å². The lowest BCUT2D eigenvalue weighted by molar-refractivity contribution is -0.162. The zero-order valence-corrected chi connectivity index (χ0v) is 20.3. The first kappa shape index (κ1) is 21.1. The Hall–Kier alpha value is -2.16. The van der Waals surface area contributed by atoms with Crippen LogP contribution >= 0.6 is 11.3 Å². The summed E-state index contributed by atoms with van der Waals surface area (Å²) in [6.07, 6.45) is 6.36. The fraction of sp³-hybridized carbons (Fsp3) is 0.615. The highest BCUT2D eigenvalue weighted by atomic mass is 32.1. The number of carbonyl (C=O) groups is 1. The molecule has 1 spiro atoms. The number of aromatic nitrogens is 1. The zero-order chi connectivity index (χ0) is 23.2. The third-order valence-corrected chi connectivity index (χ3v) is 10.0. The predicted molar refractivity (Wildman–Crippen MR) is 127 cm³/mol. The number of amides is 1. The Bertz CT molecular complexity index is 1180. The van der Waals surface area contributed by atoms with Gasteiger partial charge in [0.25, 0.3) is 0 Å². The molecule has 2 aliphatic carbocycles. The monoisotopic (exact) mass is 481 g/mol. The molecule has 3 fully saturated rings. The van der Waals surface area contributed by atoms with Crippen molar-refractivity contribution in [1.29, 1.82) is 0 Å². The molecule has 1 saturated carbocycles. The van der Waals surface area contributed by atoms with Gasteiger partial charge in [0.1, 0.15) is 11.1 Å². The van der Waals surface area contributed by atoms with Crippen molar-refractivity contribution in [2.75, 3.05) is 26.2 Å². The molecule has 3 aliphatic heterocycles. The Labute approximate surface area is 203 Å². The molecule has 2 saturated heterocycles. The number of benzene rings is 1. The smallest absolute Gasteiger partial charge is 0.229 e. The fourth-order valence-corrected chi connectivity index (χ4v) is 8.13. The van der Waals surface area contributed by atoms with Crippen molar-refractivity contribution >= 4 is 17.2 Å². The lowest BCUT2D eigenvalue weighted by Crippen LogP contribution is -2.74. The quantitative estimate of drug-likeness (QED) is 0.698. The molecule has 4 atom stereocenters. The number of hydrogen-bond acceptors (Lipinski definition) is 7. The van der Waals surface area contributed by atoms with E-state index in [9.17, 15) is 15.0 Å². The third kappa shape index (κ3) is 2.82. The van der Waals surface area contributed by atoms with Crippen LogP contribution in [0.25, 0.3) is 0 Å². The molecule has 34 heavy (non-hydrogen) atoms. The highest BCUT2D eigenvalue weighted by molar-refractivity contribution is 7.11. The van der Waals surface area contributed by atoms with Crippen LogP contribution in [0.2, 0.25) is 0 Å². The van der Waals surface area contributed by atoms with E-state index in [0.29, 0.717) is 25.3 Å². The van der Waals surface area contributed by atoms with Crippen LogP contribution in [0.4, 0.5) is 0 Å². The molecule has 2 aromatic rings. The van der Waals surface area contributed by atoms with Gasteiger partial charge in [-0.05, 0) is 63.1 Å². The van der Waals surface area contributed by atoms with E-state index in [-0.39, 0.29) is 30.2 Å². The number of likely N-dealkylation sites (tertiary alicyclic amines) is 2. The minimum atomic E-state index is -0.996. The largest absolute Gasteiger partial charge is 0.504 e. The van der Waals surface area contributed by atoms with E-state index in [1.54, 1.807) is 17.4 Å². The number of phenols is 1. The lowest BCUT2D eigenvalue weighted by Gasteiger charge is -2.60. The normalized spacial score (nSPS) is 33.9. The van der Waals surface area contributed by atoms with Gasteiger partial charge in [0, 0.05) is 35.8 Å². The number of aryl methyl sites for hydroxylation is 1. The summed E-state index contributed by atoms with van der Waals surface area (Å²) in [5.41, 5.74) is 0.603.